The molecule has 0 aliphatic carbocycles. The normalized spacial score (nSPS) is 9.52. The Morgan fingerprint density at radius 2 is 1.76 bits per heavy atom. The van der Waals surface area contributed by atoms with E-state index in [2.05, 4.69) is 27.8 Å². The van der Waals surface area contributed by atoms with E-state index in [0.717, 1.165) is 5.56 Å². The second-order valence-corrected chi connectivity index (χ2v) is 5.53. The second-order valence-electron chi connectivity index (χ2n) is 5.09. The van der Waals surface area contributed by atoms with E-state index in [9.17, 15) is 9.59 Å². The summed E-state index contributed by atoms with van der Waals surface area (Å²) in [6.07, 6.45) is 0. The predicted octanol–water partition coefficient (Wildman–Crippen LogP) is 2.55. The Kier molecular flexibility index (Phi) is 6.87. The molecule has 0 saturated heterocycles. The van der Waals surface area contributed by atoms with Crippen LogP contribution in [0.25, 0.3) is 0 Å². The van der Waals surface area contributed by atoms with E-state index >= 15 is 0 Å². The van der Waals surface area contributed by atoms with E-state index in [1.165, 1.54) is 0 Å². The van der Waals surface area contributed by atoms with Gasteiger partial charge in [0.1, 0.15) is 0 Å². The summed E-state index contributed by atoms with van der Waals surface area (Å²) in [5.41, 5.74) is 2.07. The van der Waals surface area contributed by atoms with Gasteiger partial charge in [-0.2, -0.15) is 0 Å². The van der Waals surface area contributed by atoms with Gasteiger partial charge in [0.05, 0.1) is 12.1 Å². The molecule has 0 aromatic heterocycles. The van der Waals surface area contributed by atoms with Crippen molar-refractivity contribution >= 4 is 23.5 Å². The van der Waals surface area contributed by atoms with Gasteiger partial charge in [-0.05, 0) is 29.8 Å². The third-order valence-electron chi connectivity index (χ3n) is 3.33. The van der Waals surface area contributed by atoms with E-state index in [0.29, 0.717) is 22.7 Å². The number of hydrogen-bond acceptors (Lipinski definition) is 2. The molecule has 5 nitrogen and oxygen atoms in total. The van der Waals surface area contributed by atoms with E-state index < -0.39 is 0 Å². The first kappa shape index (κ1) is 18.4. The first-order valence-corrected chi connectivity index (χ1v) is 8.04. The summed E-state index contributed by atoms with van der Waals surface area (Å²) in [6, 6.07) is 14.0. The molecule has 2 aromatic carbocycles. The van der Waals surface area contributed by atoms with Crippen molar-refractivity contribution in [3.8, 4) is 11.8 Å². The van der Waals surface area contributed by atoms with Crippen LogP contribution in [0.4, 0.5) is 4.79 Å². The van der Waals surface area contributed by atoms with Crippen molar-refractivity contribution in [2.45, 2.75) is 6.54 Å². The maximum Gasteiger partial charge on any atom is 0.315 e. The van der Waals surface area contributed by atoms with Gasteiger partial charge < -0.3 is 16.0 Å². The van der Waals surface area contributed by atoms with Gasteiger partial charge in [-0.1, -0.05) is 47.7 Å². The number of benzene rings is 2. The van der Waals surface area contributed by atoms with Crippen LogP contribution in [0.5, 0.6) is 0 Å². The van der Waals surface area contributed by atoms with Crippen molar-refractivity contribution in [3.63, 3.8) is 0 Å². The molecule has 0 aliphatic rings. The molecule has 0 saturated carbocycles. The monoisotopic (exact) mass is 355 g/mol. The van der Waals surface area contributed by atoms with Crippen molar-refractivity contribution in [3.05, 3.63) is 70.2 Å². The largest absolute Gasteiger partial charge is 0.355 e. The highest BCUT2D eigenvalue weighted by molar-refractivity contribution is 6.30. The third-order valence-corrected chi connectivity index (χ3v) is 3.58. The highest BCUT2D eigenvalue weighted by atomic mass is 35.5. The standard InChI is InChI=1S/C19H18ClN3O2/c1-21-18(24)17-7-3-2-5-15(17)6-4-12-22-19(25)23-13-14-8-10-16(20)11-9-14/h2-3,5,7-11H,12-13H2,1H3,(H,21,24)(H2,22,23,25). The number of halogens is 1. The molecule has 25 heavy (non-hydrogen) atoms. The number of urea groups is 1. The average molecular weight is 356 g/mol. The van der Waals surface area contributed by atoms with Crippen LogP contribution in [-0.2, 0) is 6.54 Å². The van der Waals surface area contributed by atoms with E-state index in [-0.39, 0.29) is 18.5 Å². The molecule has 128 valence electrons. The minimum absolute atomic E-state index is 0.175. The van der Waals surface area contributed by atoms with Gasteiger partial charge >= 0.3 is 6.03 Å². The lowest BCUT2D eigenvalue weighted by Gasteiger charge is -2.05. The van der Waals surface area contributed by atoms with Crippen molar-refractivity contribution in [2.75, 3.05) is 13.6 Å². The van der Waals surface area contributed by atoms with Crippen molar-refractivity contribution in [1.29, 1.82) is 0 Å². The number of nitrogens with one attached hydrogen (secondary N) is 3. The Hall–Kier alpha value is -2.97. The van der Waals surface area contributed by atoms with Gasteiger partial charge in [0.2, 0.25) is 0 Å². The minimum Gasteiger partial charge on any atom is -0.355 e. The topological polar surface area (TPSA) is 70.2 Å². The first-order chi connectivity index (χ1) is 12.1. The molecule has 0 spiro atoms. The Labute approximate surface area is 151 Å². The van der Waals surface area contributed by atoms with Gasteiger partial charge in [-0.15, -0.1) is 0 Å². The number of rotatable bonds is 4. The number of amides is 3. The lowest BCUT2D eigenvalue weighted by molar-refractivity contribution is 0.0963. The summed E-state index contributed by atoms with van der Waals surface area (Å²) in [5, 5.41) is 8.60. The molecule has 0 atom stereocenters. The summed E-state index contributed by atoms with van der Waals surface area (Å²) >= 11 is 5.81. The highest BCUT2D eigenvalue weighted by Crippen LogP contribution is 2.09. The Balaban J connectivity index is 1.83. The zero-order valence-electron chi connectivity index (χ0n) is 13.7. The maximum atomic E-state index is 11.7. The molecule has 0 unspecified atom stereocenters. The second kappa shape index (κ2) is 9.36. The van der Waals surface area contributed by atoms with Crippen LogP contribution in [0.2, 0.25) is 5.02 Å². The number of carbonyl (C=O) groups is 2. The summed E-state index contributed by atoms with van der Waals surface area (Å²) in [5.74, 6) is 5.54. The van der Waals surface area contributed by atoms with Crippen LogP contribution < -0.4 is 16.0 Å². The zero-order valence-corrected chi connectivity index (χ0v) is 14.5. The van der Waals surface area contributed by atoms with E-state index in [1.807, 2.05) is 18.2 Å². The fourth-order valence-corrected chi connectivity index (χ4v) is 2.16. The molecule has 3 amide bonds. The SMILES string of the molecule is CNC(=O)c1ccccc1C#CCNC(=O)NCc1ccc(Cl)cc1. The molecule has 0 radical (unpaired) electrons. The molecule has 3 N–H and O–H groups in total. The first-order valence-electron chi connectivity index (χ1n) is 7.66. The van der Waals surface area contributed by atoms with Crippen LogP contribution >= 0.6 is 11.6 Å². The average Bonchev–Trinajstić information content (AvgIpc) is 2.64. The van der Waals surface area contributed by atoms with Crippen molar-refractivity contribution in [1.82, 2.24) is 16.0 Å². The Morgan fingerprint density at radius 3 is 2.48 bits per heavy atom. The molecule has 0 bridgehead atoms. The molecule has 2 rings (SSSR count). The Morgan fingerprint density at radius 1 is 1.04 bits per heavy atom. The highest BCUT2D eigenvalue weighted by Gasteiger charge is 2.06. The molecule has 6 heteroatoms. The lowest BCUT2D eigenvalue weighted by atomic mass is 10.1. The summed E-state index contributed by atoms with van der Waals surface area (Å²) in [4.78, 5) is 23.5. The molecular weight excluding hydrogens is 338 g/mol. The van der Waals surface area contributed by atoms with E-state index in [4.69, 9.17) is 11.6 Å². The number of carbonyl (C=O) groups excluding carboxylic acids is 2. The van der Waals surface area contributed by atoms with Gasteiger partial charge in [-0.3, -0.25) is 4.79 Å². The summed E-state index contributed by atoms with van der Waals surface area (Å²) in [6.45, 7) is 0.574. The summed E-state index contributed by atoms with van der Waals surface area (Å²) in [7, 11) is 1.57. The zero-order chi connectivity index (χ0) is 18.1. The van der Waals surface area contributed by atoms with Gasteiger partial charge in [-0.25, -0.2) is 4.79 Å². The third kappa shape index (κ3) is 5.87. The number of hydrogen-bond donors (Lipinski definition) is 3. The molecular formula is C19H18ClN3O2. The smallest absolute Gasteiger partial charge is 0.315 e. The van der Waals surface area contributed by atoms with Crippen LogP contribution in [0.3, 0.4) is 0 Å². The molecule has 0 heterocycles. The molecule has 0 aliphatic heterocycles. The maximum absolute atomic E-state index is 11.7. The fourth-order valence-electron chi connectivity index (χ4n) is 2.04. The molecule has 0 fully saturated rings. The van der Waals surface area contributed by atoms with Gasteiger partial charge in [0, 0.05) is 24.2 Å². The minimum atomic E-state index is -0.316. The van der Waals surface area contributed by atoms with Crippen LogP contribution in [-0.4, -0.2) is 25.5 Å². The quantitative estimate of drug-likeness (QED) is 0.738. The Bertz CT molecular complexity index is 807. The van der Waals surface area contributed by atoms with Crippen LogP contribution in [0.1, 0.15) is 21.5 Å². The van der Waals surface area contributed by atoms with Gasteiger partial charge in [0.25, 0.3) is 5.91 Å². The van der Waals surface area contributed by atoms with E-state index in [1.54, 1.807) is 37.4 Å². The predicted molar refractivity (Wildman–Crippen MR) is 98.4 cm³/mol. The van der Waals surface area contributed by atoms with Crippen molar-refractivity contribution < 1.29 is 9.59 Å². The van der Waals surface area contributed by atoms with Crippen molar-refractivity contribution in [2.24, 2.45) is 0 Å². The summed E-state index contributed by atoms with van der Waals surface area (Å²) < 4.78 is 0. The molecule has 2 aromatic rings. The lowest BCUT2D eigenvalue weighted by Crippen LogP contribution is -2.35. The van der Waals surface area contributed by atoms with Crippen LogP contribution in [0.15, 0.2) is 48.5 Å². The van der Waals surface area contributed by atoms with Crippen LogP contribution in [0, 0.1) is 11.8 Å². The van der Waals surface area contributed by atoms with Gasteiger partial charge in [0.15, 0.2) is 0 Å². The fraction of sp³-hybridized carbons (Fsp3) is 0.158.